The summed E-state index contributed by atoms with van der Waals surface area (Å²) in [6, 6.07) is 12.0. The molecule has 7 heteroatoms. The predicted octanol–water partition coefficient (Wildman–Crippen LogP) is 5.18. The SMILES string of the molecule is Cc1ccc(-c2ccc(NC(=O)OCC3CCC(COCC(=O)O)CC3)cc2)s1. The predicted molar refractivity (Wildman–Crippen MR) is 113 cm³/mol. The summed E-state index contributed by atoms with van der Waals surface area (Å²) in [6.07, 6.45) is 3.43. The van der Waals surface area contributed by atoms with Gasteiger partial charge in [-0.1, -0.05) is 12.1 Å². The number of hydrogen-bond donors (Lipinski definition) is 2. The highest BCUT2D eigenvalue weighted by Gasteiger charge is 2.22. The first-order valence-corrected chi connectivity index (χ1v) is 10.7. The molecule has 29 heavy (non-hydrogen) atoms. The lowest BCUT2D eigenvalue weighted by Gasteiger charge is -2.27. The van der Waals surface area contributed by atoms with Crippen molar-refractivity contribution in [2.45, 2.75) is 32.6 Å². The fourth-order valence-corrected chi connectivity index (χ4v) is 4.41. The van der Waals surface area contributed by atoms with Crippen LogP contribution in [0, 0.1) is 18.8 Å². The quantitative estimate of drug-likeness (QED) is 0.618. The molecule has 0 unspecified atom stereocenters. The van der Waals surface area contributed by atoms with Gasteiger partial charge in [-0.05, 0) is 74.3 Å². The van der Waals surface area contributed by atoms with E-state index in [9.17, 15) is 9.59 Å². The first kappa shape index (κ1) is 21.3. The molecule has 156 valence electrons. The number of carboxylic acid groups (broad SMARTS) is 1. The lowest BCUT2D eigenvalue weighted by molar-refractivity contribution is -0.142. The Morgan fingerprint density at radius 2 is 1.69 bits per heavy atom. The Bertz CT molecular complexity index is 809. The molecule has 3 rings (SSSR count). The fourth-order valence-electron chi connectivity index (χ4n) is 3.53. The van der Waals surface area contributed by atoms with Crippen molar-refractivity contribution in [3.63, 3.8) is 0 Å². The molecule has 0 saturated heterocycles. The minimum absolute atomic E-state index is 0.239. The number of amides is 1. The number of aryl methyl sites for hydroxylation is 1. The molecule has 6 nitrogen and oxygen atoms in total. The summed E-state index contributed by atoms with van der Waals surface area (Å²) in [4.78, 5) is 25.0. The van der Waals surface area contributed by atoms with Crippen molar-refractivity contribution >= 4 is 29.1 Å². The van der Waals surface area contributed by atoms with E-state index in [1.807, 2.05) is 24.3 Å². The van der Waals surface area contributed by atoms with E-state index in [-0.39, 0.29) is 6.61 Å². The third kappa shape index (κ3) is 6.87. The number of rotatable bonds is 8. The highest BCUT2D eigenvalue weighted by atomic mass is 32.1. The molecule has 2 N–H and O–H groups in total. The topological polar surface area (TPSA) is 84.9 Å². The van der Waals surface area contributed by atoms with Gasteiger partial charge in [0.15, 0.2) is 0 Å². The second-order valence-electron chi connectivity index (χ2n) is 7.51. The van der Waals surface area contributed by atoms with E-state index in [4.69, 9.17) is 14.6 Å². The molecule has 1 saturated carbocycles. The summed E-state index contributed by atoms with van der Waals surface area (Å²) < 4.78 is 10.6. The zero-order valence-electron chi connectivity index (χ0n) is 16.6. The highest BCUT2D eigenvalue weighted by Crippen LogP contribution is 2.30. The Balaban J connectivity index is 1.35. The van der Waals surface area contributed by atoms with Gasteiger partial charge in [0.1, 0.15) is 6.61 Å². The standard InChI is InChI=1S/C22H27NO5S/c1-15-2-11-20(29-15)18-7-9-19(10-8-18)23-22(26)28-13-17-5-3-16(4-6-17)12-27-14-21(24)25/h2,7-11,16-17H,3-6,12-14H2,1H3,(H,23,26)(H,24,25). The van der Waals surface area contributed by atoms with Gasteiger partial charge in [-0.2, -0.15) is 0 Å². The Morgan fingerprint density at radius 3 is 2.28 bits per heavy atom. The van der Waals surface area contributed by atoms with Crippen LogP contribution < -0.4 is 5.32 Å². The molecule has 1 heterocycles. The third-order valence-corrected chi connectivity index (χ3v) is 6.20. The molecule has 1 aliphatic rings. The Morgan fingerprint density at radius 1 is 1.03 bits per heavy atom. The number of thiophene rings is 1. The zero-order chi connectivity index (χ0) is 20.6. The maximum atomic E-state index is 12.1. The molecule has 1 amide bonds. The second kappa shape index (κ2) is 10.4. The van der Waals surface area contributed by atoms with E-state index < -0.39 is 12.1 Å². The monoisotopic (exact) mass is 417 g/mol. The number of ether oxygens (including phenoxy) is 2. The van der Waals surface area contributed by atoms with Crippen molar-refractivity contribution in [2.75, 3.05) is 25.1 Å². The van der Waals surface area contributed by atoms with Crippen molar-refractivity contribution in [3.05, 3.63) is 41.3 Å². The number of carbonyl (C=O) groups excluding carboxylic acids is 1. The molecule has 0 bridgehead atoms. The van der Waals surface area contributed by atoms with E-state index in [0.29, 0.717) is 30.7 Å². The summed E-state index contributed by atoms with van der Waals surface area (Å²) in [5, 5.41) is 11.4. The summed E-state index contributed by atoms with van der Waals surface area (Å²) in [7, 11) is 0. The molecule has 0 aliphatic heterocycles. The number of hydrogen-bond acceptors (Lipinski definition) is 5. The first-order chi connectivity index (χ1) is 14.0. The van der Waals surface area contributed by atoms with Gasteiger partial charge < -0.3 is 14.6 Å². The van der Waals surface area contributed by atoms with Crippen LogP contribution in [-0.4, -0.2) is 37.0 Å². The van der Waals surface area contributed by atoms with Crippen molar-refractivity contribution in [3.8, 4) is 10.4 Å². The lowest BCUT2D eigenvalue weighted by atomic mass is 9.83. The number of anilines is 1. The lowest BCUT2D eigenvalue weighted by Crippen LogP contribution is -2.25. The first-order valence-electron chi connectivity index (χ1n) is 9.90. The van der Waals surface area contributed by atoms with Crippen LogP contribution in [0.3, 0.4) is 0 Å². The van der Waals surface area contributed by atoms with E-state index in [2.05, 4.69) is 24.4 Å². The molecule has 1 fully saturated rings. The number of benzene rings is 1. The average molecular weight is 418 g/mol. The molecule has 2 aromatic rings. The summed E-state index contributed by atoms with van der Waals surface area (Å²) in [5.74, 6) is -0.194. The number of nitrogens with one attached hydrogen (secondary N) is 1. The second-order valence-corrected chi connectivity index (χ2v) is 8.79. The maximum absolute atomic E-state index is 12.1. The van der Waals surface area contributed by atoms with Crippen LogP contribution in [0.1, 0.15) is 30.6 Å². The van der Waals surface area contributed by atoms with E-state index in [1.165, 1.54) is 9.75 Å². The summed E-state index contributed by atoms with van der Waals surface area (Å²) in [6.45, 7) is 2.74. The largest absolute Gasteiger partial charge is 0.480 e. The van der Waals surface area contributed by atoms with Crippen molar-refractivity contribution in [1.82, 2.24) is 0 Å². The number of carboxylic acids is 1. The zero-order valence-corrected chi connectivity index (χ0v) is 17.4. The molecule has 0 radical (unpaired) electrons. The molecule has 1 aliphatic carbocycles. The van der Waals surface area contributed by atoms with Crippen molar-refractivity contribution in [2.24, 2.45) is 11.8 Å². The van der Waals surface area contributed by atoms with Gasteiger partial charge in [0.2, 0.25) is 0 Å². The highest BCUT2D eigenvalue weighted by molar-refractivity contribution is 7.15. The average Bonchev–Trinajstić information content (AvgIpc) is 3.14. The van der Waals surface area contributed by atoms with Crippen LogP contribution in [0.4, 0.5) is 10.5 Å². The Kier molecular flexibility index (Phi) is 7.66. The van der Waals surface area contributed by atoms with Gasteiger partial charge in [0, 0.05) is 15.4 Å². The third-order valence-electron chi connectivity index (χ3n) is 5.15. The van der Waals surface area contributed by atoms with Gasteiger partial charge >= 0.3 is 12.1 Å². The van der Waals surface area contributed by atoms with Gasteiger partial charge in [-0.25, -0.2) is 9.59 Å². The van der Waals surface area contributed by atoms with E-state index in [1.54, 1.807) is 11.3 Å². The Labute approximate surface area is 174 Å². The van der Waals surface area contributed by atoms with Crippen LogP contribution in [-0.2, 0) is 14.3 Å². The van der Waals surface area contributed by atoms with Crippen molar-refractivity contribution in [1.29, 1.82) is 0 Å². The van der Waals surface area contributed by atoms with E-state index in [0.717, 1.165) is 31.2 Å². The number of aliphatic carboxylic acids is 1. The maximum Gasteiger partial charge on any atom is 0.411 e. The normalized spacial score (nSPS) is 18.9. The molecule has 1 aromatic carbocycles. The molecule has 0 spiro atoms. The van der Waals surface area contributed by atoms with Gasteiger partial charge in [-0.3, -0.25) is 5.32 Å². The smallest absolute Gasteiger partial charge is 0.411 e. The van der Waals surface area contributed by atoms with Crippen LogP contribution in [0.25, 0.3) is 10.4 Å². The fraction of sp³-hybridized carbons (Fsp3) is 0.455. The molecule has 1 aromatic heterocycles. The minimum atomic E-state index is -0.936. The molecular formula is C22H27NO5S. The van der Waals surface area contributed by atoms with Gasteiger partial charge in [0.05, 0.1) is 13.2 Å². The molecular weight excluding hydrogens is 390 g/mol. The van der Waals surface area contributed by atoms with E-state index >= 15 is 0 Å². The van der Waals surface area contributed by atoms with Crippen molar-refractivity contribution < 1.29 is 24.2 Å². The van der Waals surface area contributed by atoms with Gasteiger partial charge in [-0.15, -0.1) is 11.3 Å². The van der Waals surface area contributed by atoms with Gasteiger partial charge in [0.25, 0.3) is 0 Å². The minimum Gasteiger partial charge on any atom is -0.480 e. The molecule has 0 atom stereocenters. The Hall–Kier alpha value is -2.38. The van der Waals surface area contributed by atoms with Crippen LogP contribution in [0.15, 0.2) is 36.4 Å². The number of carbonyl (C=O) groups is 2. The summed E-state index contributed by atoms with van der Waals surface area (Å²) in [5.41, 5.74) is 1.84. The van der Waals surface area contributed by atoms with Crippen LogP contribution >= 0.6 is 11.3 Å². The van der Waals surface area contributed by atoms with Crippen LogP contribution in [0.2, 0.25) is 0 Å². The van der Waals surface area contributed by atoms with Crippen LogP contribution in [0.5, 0.6) is 0 Å². The summed E-state index contributed by atoms with van der Waals surface area (Å²) >= 11 is 1.74.